The van der Waals surface area contributed by atoms with Gasteiger partial charge in [0, 0.05) is 19.3 Å². The van der Waals surface area contributed by atoms with Crippen molar-refractivity contribution in [1.82, 2.24) is 14.8 Å². The second kappa shape index (κ2) is 5.86. The van der Waals surface area contributed by atoms with E-state index in [9.17, 15) is 4.79 Å². The summed E-state index contributed by atoms with van der Waals surface area (Å²) >= 11 is 0. The van der Waals surface area contributed by atoms with E-state index in [1.54, 1.807) is 4.68 Å². The molecule has 0 amide bonds. The van der Waals surface area contributed by atoms with E-state index in [0.29, 0.717) is 12.1 Å². The van der Waals surface area contributed by atoms with Crippen molar-refractivity contribution >= 4 is 12.1 Å². The SMILES string of the molecule is CCN(Cc1cccc(C)n1)c1c(C=O)c(C)nn1C. The second-order valence-electron chi connectivity index (χ2n) is 4.85. The minimum Gasteiger partial charge on any atom is -0.351 e. The van der Waals surface area contributed by atoms with Crippen LogP contribution >= 0.6 is 0 Å². The average molecular weight is 272 g/mol. The van der Waals surface area contributed by atoms with E-state index in [2.05, 4.69) is 21.9 Å². The Kier molecular flexibility index (Phi) is 4.17. The number of aldehydes is 1. The molecule has 0 fully saturated rings. The number of carbonyl (C=O) groups excluding carboxylic acids is 1. The third-order valence-corrected chi connectivity index (χ3v) is 3.34. The van der Waals surface area contributed by atoms with Crippen molar-refractivity contribution in [2.75, 3.05) is 11.4 Å². The molecule has 0 aliphatic heterocycles. The first-order valence-corrected chi connectivity index (χ1v) is 6.73. The van der Waals surface area contributed by atoms with E-state index < -0.39 is 0 Å². The van der Waals surface area contributed by atoms with Crippen LogP contribution in [-0.4, -0.2) is 27.6 Å². The molecular formula is C15H20N4O. The Labute approximate surface area is 119 Å². The average Bonchev–Trinajstić information content (AvgIpc) is 2.70. The number of aromatic nitrogens is 3. The van der Waals surface area contributed by atoms with Crippen molar-refractivity contribution in [3.05, 3.63) is 40.8 Å². The van der Waals surface area contributed by atoms with Crippen molar-refractivity contribution < 1.29 is 4.79 Å². The molecule has 5 heteroatoms. The quantitative estimate of drug-likeness (QED) is 0.783. The first-order chi connectivity index (χ1) is 9.56. The Hall–Kier alpha value is -2.17. The summed E-state index contributed by atoms with van der Waals surface area (Å²) in [5.74, 6) is 0.850. The molecule has 0 N–H and O–H groups in total. The molecule has 0 aromatic carbocycles. The van der Waals surface area contributed by atoms with Gasteiger partial charge >= 0.3 is 0 Å². The lowest BCUT2D eigenvalue weighted by Crippen LogP contribution is -2.26. The van der Waals surface area contributed by atoms with Crippen LogP contribution in [0.15, 0.2) is 18.2 Å². The van der Waals surface area contributed by atoms with Crippen LogP contribution < -0.4 is 4.90 Å². The van der Waals surface area contributed by atoms with Crippen LogP contribution in [-0.2, 0) is 13.6 Å². The Balaban J connectivity index is 2.36. The summed E-state index contributed by atoms with van der Waals surface area (Å²) in [5.41, 5.74) is 3.40. The summed E-state index contributed by atoms with van der Waals surface area (Å²) in [7, 11) is 1.86. The van der Waals surface area contributed by atoms with Gasteiger partial charge in [-0.25, -0.2) is 0 Å². The molecule has 2 aromatic rings. The summed E-state index contributed by atoms with van der Waals surface area (Å²) in [6.07, 6.45) is 0.879. The maximum Gasteiger partial charge on any atom is 0.155 e. The highest BCUT2D eigenvalue weighted by molar-refractivity contribution is 5.84. The Morgan fingerprint density at radius 1 is 1.35 bits per heavy atom. The third kappa shape index (κ3) is 2.71. The minimum atomic E-state index is 0.655. The summed E-state index contributed by atoms with van der Waals surface area (Å²) in [6.45, 7) is 7.34. The zero-order valence-corrected chi connectivity index (χ0v) is 12.4. The second-order valence-corrected chi connectivity index (χ2v) is 4.85. The molecule has 0 aliphatic rings. The number of hydrogen-bond donors (Lipinski definition) is 0. The van der Waals surface area contributed by atoms with Gasteiger partial charge in [-0.2, -0.15) is 5.10 Å². The molecule has 0 radical (unpaired) electrons. The molecule has 0 atom stereocenters. The molecule has 106 valence electrons. The van der Waals surface area contributed by atoms with Crippen LogP contribution in [0.2, 0.25) is 0 Å². The highest BCUT2D eigenvalue weighted by Gasteiger charge is 2.18. The molecule has 0 saturated heterocycles. The molecule has 5 nitrogen and oxygen atoms in total. The summed E-state index contributed by atoms with van der Waals surface area (Å²) in [5, 5.41) is 4.33. The summed E-state index contributed by atoms with van der Waals surface area (Å²) in [6, 6.07) is 5.98. The van der Waals surface area contributed by atoms with Gasteiger partial charge in [-0.05, 0) is 32.9 Å². The largest absolute Gasteiger partial charge is 0.351 e. The maximum absolute atomic E-state index is 11.3. The predicted octanol–water partition coefficient (Wildman–Crippen LogP) is 2.27. The van der Waals surface area contributed by atoms with Crippen molar-refractivity contribution in [1.29, 1.82) is 0 Å². The van der Waals surface area contributed by atoms with Crippen LogP contribution in [0.1, 0.15) is 34.4 Å². The molecule has 0 bridgehead atoms. The molecule has 20 heavy (non-hydrogen) atoms. The number of rotatable bonds is 5. The normalized spacial score (nSPS) is 10.6. The van der Waals surface area contributed by atoms with E-state index >= 15 is 0 Å². The molecule has 0 aliphatic carbocycles. The van der Waals surface area contributed by atoms with Gasteiger partial charge in [0.25, 0.3) is 0 Å². The number of nitrogens with zero attached hydrogens (tertiary/aromatic N) is 4. The van der Waals surface area contributed by atoms with Gasteiger partial charge in [0.05, 0.1) is 23.5 Å². The van der Waals surface area contributed by atoms with Crippen molar-refractivity contribution in [3.8, 4) is 0 Å². The minimum absolute atomic E-state index is 0.655. The lowest BCUT2D eigenvalue weighted by Gasteiger charge is -2.23. The standard InChI is InChI=1S/C15H20N4O/c1-5-19(9-13-8-6-7-11(2)16-13)15-14(10-20)12(3)17-18(15)4/h6-8,10H,5,9H2,1-4H3. The summed E-state index contributed by atoms with van der Waals surface area (Å²) < 4.78 is 1.76. The van der Waals surface area contributed by atoms with E-state index in [-0.39, 0.29) is 0 Å². The van der Waals surface area contributed by atoms with Crippen LogP contribution in [0.4, 0.5) is 5.82 Å². The third-order valence-electron chi connectivity index (χ3n) is 3.34. The molecule has 0 spiro atoms. The van der Waals surface area contributed by atoms with Gasteiger partial charge in [0.15, 0.2) is 6.29 Å². The lowest BCUT2D eigenvalue weighted by atomic mass is 10.2. The monoisotopic (exact) mass is 272 g/mol. The zero-order valence-electron chi connectivity index (χ0n) is 12.4. The van der Waals surface area contributed by atoms with E-state index in [4.69, 9.17) is 0 Å². The number of aryl methyl sites for hydroxylation is 3. The van der Waals surface area contributed by atoms with Gasteiger partial charge < -0.3 is 4.90 Å². The molecule has 0 unspecified atom stereocenters. The van der Waals surface area contributed by atoms with Crippen molar-refractivity contribution in [2.45, 2.75) is 27.3 Å². The summed E-state index contributed by atoms with van der Waals surface area (Å²) in [4.78, 5) is 17.9. The predicted molar refractivity (Wildman–Crippen MR) is 79.0 cm³/mol. The fourth-order valence-corrected chi connectivity index (χ4v) is 2.39. The van der Waals surface area contributed by atoms with Crippen LogP contribution in [0, 0.1) is 13.8 Å². The molecule has 2 heterocycles. The molecular weight excluding hydrogens is 252 g/mol. The van der Waals surface area contributed by atoms with E-state index in [1.807, 2.05) is 39.1 Å². The smallest absolute Gasteiger partial charge is 0.155 e. The Morgan fingerprint density at radius 3 is 2.70 bits per heavy atom. The topological polar surface area (TPSA) is 51.0 Å². The van der Waals surface area contributed by atoms with Gasteiger partial charge in [0.1, 0.15) is 5.82 Å². The Morgan fingerprint density at radius 2 is 2.10 bits per heavy atom. The van der Waals surface area contributed by atoms with E-state index in [0.717, 1.165) is 35.7 Å². The highest BCUT2D eigenvalue weighted by atomic mass is 16.1. The van der Waals surface area contributed by atoms with Gasteiger partial charge in [-0.1, -0.05) is 6.07 Å². The van der Waals surface area contributed by atoms with E-state index in [1.165, 1.54) is 0 Å². The molecule has 0 saturated carbocycles. The Bertz CT molecular complexity index is 618. The van der Waals surface area contributed by atoms with Crippen LogP contribution in [0.25, 0.3) is 0 Å². The van der Waals surface area contributed by atoms with Crippen molar-refractivity contribution in [2.24, 2.45) is 7.05 Å². The van der Waals surface area contributed by atoms with Gasteiger partial charge in [-0.3, -0.25) is 14.5 Å². The molecule has 2 rings (SSSR count). The maximum atomic E-state index is 11.3. The fraction of sp³-hybridized carbons (Fsp3) is 0.400. The van der Waals surface area contributed by atoms with Crippen molar-refractivity contribution in [3.63, 3.8) is 0 Å². The molecule has 2 aromatic heterocycles. The zero-order chi connectivity index (χ0) is 14.7. The number of carbonyl (C=O) groups is 1. The number of pyridine rings is 1. The van der Waals surface area contributed by atoms with Crippen LogP contribution in [0.3, 0.4) is 0 Å². The lowest BCUT2D eigenvalue weighted by molar-refractivity contribution is 0.112. The van der Waals surface area contributed by atoms with Crippen LogP contribution in [0.5, 0.6) is 0 Å². The number of anilines is 1. The first-order valence-electron chi connectivity index (χ1n) is 6.73. The number of hydrogen-bond acceptors (Lipinski definition) is 4. The fourth-order valence-electron chi connectivity index (χ4n) is 2.39. The first kappa shape index (κ1) is 14.2. The van der Waals surface area contributed by atoms with Gasteiger partial charge in [0.2, 0.25) is 0 Å². The van der Waals surface area contributed by atoms with Gasteiger partial charge in [-0.15, -0.1) is 0 Å². The highest BCUT2D eigenvalue weighted by Crippen LogP contribution is 2.22.